The van der Waals surface area contributed by atoms with Gasteiger partial charge in [0.05, 0.1) is 0 Å². The van der Waals surface area contributed by atoms with Gasteiger partial charge >= 0.3 is 0 Å². The molecule has 2 aromatic rings. The van der Waals surface area contributed by atoms with Gasteiger partial charge in [0, 0.05) is 17.1 Å². The first-order valence-corrected chi connectivity index (χ1v) is 8.07. The molecule has 0 aromatic heterocycles. The third-order valence-electron chi connectivity index (χ3n) is 4.24. The van der Waals surface area contributed by atoms with Crippen LogP contribution in [-0.2, 0) is 19.4 Å². The van der Waals surface area contributed by atoms with E-state index >= 15 is 0 Å². The Hall–Kier alpha value is -1.12. The minimum absolute atomic E-state index is 0.584. The van der Waals surface area contributed by atoms with Crippen LogP contribution in [0.4, 0.5) is 0 Å². The fourth-order valence-corrected chi connectivity index (χ4v) is 3.58. The molecule has 0 aliphatic heterocycles. The van der Waals surface area contributed by atoms with E-state index in [-0.39, 0.29) is 0 Å². The second-order valence-corrected chi connectivity index (χ2v) is 6.48. The van der Waals surface area contributed by atoms with Crippen molar-refractivity contribution in [1.29, 1.82) is 0 Å². The van der Waals surface area contributed by atoms with Crippen LogP contribution in [-0.4, -0.2) is 6.04 Å². The average molecular weight is 330 g/mol. The van der Waals surface area contributed by atoms with E-state index in [1.165, 1.54) is 34.0 Å². The maximum atomic E-state index is 3.71. The molecule has 0 fully saturated rings. The molecule has 2 aromatic carbocycles. The molecule has 3 rings (SSSR count). The Labute approximate surface area is 129 Å². The normalized spacial score (nSPS) is 17.8. The van der Waals surface area contributed by atoms with Crippen LogP contribution < -0.4 is 5.32 Å². The van der Waals surface area contributed by atoms with E-state index in [4.69, 9.17) is 0 Å². The van der Waals surface area contributed by atoms with E-state index in [2.05, 4.69) is 70.6 Å². The smallest absolute Gasteiger partial charge is 0.0210 e. The number of nitrogens with one attached hydrogen (secondary N) is 1. The van der Waals surface area contributed by atoms with Gasteiger partial charge < -0.3 is 5.32 Å². The van der Waals surface area contributed by atoms with E-state index in [0.717, 1.165) is 13.0 Å². The van der Waals surface area contributed by atoms with Crippen LogP contribution in [0.25, 0.3) is 0 Å². The quantitative estimate of drug-likeness (QED) is 0.879. The van der Waals surface area contributed by atoms with E-state index in [1.54, 1.807) is 5.56 Å². The first-order chi connectivity index (χ1) is 9.74. The zero-order valence-corrected chi connectivity index (χ0v) is 13.4. The van der Waals surface area contributed by atoms with Crippen molar-refractivity contribution in [3.63, 3.8) is 0 Å². The van der Waals surface area contributed by atoms with Crippen LogP contribution in [0.2, 0.25) is 0 Å². The number of hydrogen-bond acceptors (Lipinski definition) is 1. The van der Waals surface area contributed by atoms with Crippen LogP contribution in [0.3, 0.4) is 0 Å². The first kappa shape index (κ1) is 13.8. The molecule has 0 saturated carbocycles. The molecule has 1 nitrogen and oxygen atoms in total. The highest BCUT2D eigenvalue weighted by Gasteiger charge is 2.21. The summed E-state index contributed by atoms with van der Waals surface area (Å²) in [5, 5.41) is 3.70. The summed E-state index contributed by atoms with van der Waals surface area (Å²) in [6.07, 6.45) is 3.55. The Bertz CT molecular complexity index is 592. The molecule has 1 atom stereocenters. The lowest BCUT2D eigenvalue weighted by molar-refractivity contribution is 0.456. The summed E-state index contributed by atoms with van der Waals surface area (Å²) in [7, 11) is 0. The van der Waals surface area contributed by atoms with Crippen LogP contribution in [0, 0.1) is 6.92 Å². The molecule has 0 saturated heterocycles. The van der Waals surface area contributed by atoms with Crippen molar-refractivity contribution in [2.24, 2.45) is 0 Å². The third kappa shape index (κ3) is 2.97. The number of hydrogen-bond donors (Lipinski definition) is 1. The Morgan fingerprint density at radius 3 is 2.70 bits per heavy atom. The third-order valence-corrected chi connectivity index (χ3v) is 4.98. The lowest BCUT2D eigenvalue weighted by Gasteiger charge is -2.28. The minimum Gasteiger partial charge on any atom is -0.310 e. The maximum absolute atomic E-state index is 3.71. The molecule has 1 N–H and O–H groups in total. The molecule has 20 heavy (non-hydrogen) atoms. The van der Waals surface area contributed by atoms with Crippen molar-refractivity contribution in [3.8, 4) is 0 Å². The van der Waals surface area contributed by atoms with Crippen molar-refractivity contribution in [2.45, 2.75) is 38.8 Å². The Balaban J connectivity index is 1.68. The zero-order valence-electron chi connectivity index (χ0n) is 11.8. The molecule has 1 aliphatic carbocycles. The summed E-state index contributed by atoms with van der Waals surface area (Å²) in [5.41, 5.74) is 5.85. The predicted octanol–water partition coefficient (Wildman–Crippen LogP) is 4.40. The van der Waals surface area contributed by atoms with E-state index < -0.39 is 0 Å². The van der Waals surface area contributed by atoms with Gasteiger partial charge in [0.25, 0.3) is 0 Å². The molecule has 104 valence electrons. The molecule has 0 amide bonds. The highest BCUT2D eigenvalue weighted by Crippen LogP contribution is 2.30. The number of halogens is 1. The van der Waals surface area contributed by atoms with E-state index in [0.29, 0.717) is 6.04 Å². The fraction of sp³-hybridized carbons (Fsp3) is 0.333. The molecule has 0 heterocycles. The second-order valence-electron chi connectivity index (χ2n) is 5.63. The van der Waals surface area contributed by atoms with Crippen molar-refractivity contribution in [2.75, 3.05) is 0 Å². The summed E-state index contributed by atoms with van der Waals surface area (Å²) >= 11 is 3.71. The highest BCUT2D eigenvalue weighted by atomic mass is 79.9. The van der Waals surface area contributed by atoms with Crippen LogP contribution in [0.5, 0.6) is 0 Å². The van der Waals surface area contributed by atoms with E-state index in [9.17, 15) is 0 Å². The number of fused-ring (bicyclic) bond motifs is 1. The molecule has 1 aliphatic rings. The Morgan fingerprint density at radius 2 is 1.90 bits per heavy atom. The average Bonchev–Trinajstić information content (AvgIpc) is 2.50. The van der Waals surface area contributed by atoms with Gasteiger partial charge in [-0.15, -0.1) is 0 Å². The van der Waals surface area contributed by atoms with Gasteiger partial charge in [-0.1, -0.05) is 52.3 Å². The predicted molar refractivity (Wildman–Crippen MR) is 88.0 cm³/mol. The van der Waals surface area contributed by atoms with Crippen molar-refractivity contribution >= 4 is 15.9 Å². The molecule has 0 unspecified atom stereocenters. The summed E-state index contributed by atoms with van der Waals surface area (Å²) in [6.45, 7) is 3.19. The van der Waals surface area contributed by atoms with Gasteiger partial charge in [-0.3, -0.25) is 0 Å². The Morgan fingerprint density at radius 1 is 1.10 bits per heavy atom. The van der Waals surface area contributed by atoms with Crippen LogP contribution in [0.15, 0.2) is 46.9 Å². The Kier molecular flexibility index (Phi) is 4.23. The summed E-state index contributed by atoms with van der Waals surface area (Å²) < 4.78 is 1.27. The molecule has 0 spiro atoms. The van der Waals surface area contributed by atoms with Crippen molar-refractivity contribution in [1.82, 2.24) is 5.32 Å². The van der Waals surface area contributed by atoms with Gasteiger partial charge in [-0.05, 0) is 54.5 Å². The molecular weight excluding hydrogens is 310 g/mol. The van der Waals surface area contributed by atoms with Crippen LogP contribution in [0.1, 0.15) is 28.7 Å². The van der Waals surface area contributed by atoms with Crippen molar-refractivity contribution in [3.05, 3.63) is 69.2 Å². The number of benzene rings is 2. The number of aryl methyl sites for hydroxylation is 1. The maximum Gasteiger partial charge on any atom is 0.0210 e. The fourth-order valence-electron chi connectivity index (χ4n) is 3.05. The topological polar surface area (TPSA) is 12.0 Å². The van der Waals surface area contributed by atoms with Crippen molar-refractivity contribution < 1.29 is 0 Å². The molecule has 0 bridgehead atoms. The molecular formula is C18H20BrN. The van der Waals surface area contributed by atoms with Gasteiger partial charge in [0.2, 0.25) is 0 Å². The van der Waals surface area contributed by atoms with E-state index in [1.807, 2.05) is 0 Å². The standard InChI is InChI=1S/C18H20BrN/c1-13-7-10-18(19)17-11-15(8-9-16(13)17)20-12-14-5-3-2-4-6-14/h2-7,10,15,20H,8-9,11-12H2,1H3/t15-/m1/s1. The summed E-state index contributed by atoms with van der Waals surface area (Å²) in [6, 6.07) is 15.6. The summed E-state index contributed by atoms with van der Waals surface area (Å²) in [5.74, 6) is 0. The minimum atomic E-state index is 0.584. The van der Waals surface area contributed by atoms with Gasteiger partial charge in [-0.25, -0.2) is 0 Å². The number of rotatable bonds is 3. The lowest BCUT2D eigenvalue weighted by atomic mass is 9.86. The lowest BCUT2D eigenvalue weighted by Crippen LogP contribution is -2.34. The monoisotopic (exact) mass is 329 g/mol. The van der Waals surface area contributed by atoms with Gasteiger partial charge in [0.1, 0.15) is 0 Å². The molecule has 2 heteroatoms. The molecule has 0 radical (unpaired) electrons. The highest BCUT2D eigenvalue weighted by molar-refractivity contribution is 9.10. The van der Waals surface area contributed by atoms with Gasteiger partial charge in [0.15, 0.2) is 0 Å². The zero-order chi connectivity index (χ0) is 13.9. The van der Waals surface area contributed by atoms with Gasteiger partial charge in [-0.2, -0.15) is 0 Å². The van der Waals surface area contributed by atoms with Crippen LogP contribution >= 0.6 is 15.9 Å². The first-order valence-electron chi connectivity index (χ1n) is 7.28. The SMILES string of the molecule is Cc1ccc(Br)c2c1CC[C@@H](NCc1ccccc1)C2. The largest absolute Gasteiger partial charge is 0.310 e. The summed E-state index contributed by atoms with van der Waals surface area (Å²) in [4.78, 5) is 0. The second kappa shape index (κ2) is 6.11.